The molecule has 0 saturated carbocycles. The van der Waals surface area contributed by atoms with E-state index in [1.807, 2.05) is 19.9 Å². The van der Waals surface area contributed by atoms with Crippen LogP contribution in [0.1, 0.15) is 34.6 Å². The average Bonchev–Trinajstić information content (AvgIpc) is 2.61. The number of ether oxygens (including phenoxy) is 2. The van der Waals surface area contributed by atoms with E-state index in [2.05, 4.69) is 33.9 Å². The minimum absolute atomic E-state index is 0.0314. The molecule has 4 nitrogen and oxygen atoms in total. The largest absolute Gasteiger partial charge is 0.385 e. The molecule has 0 aromatic rings. The third-order valence-corrected chi connectivity index (χ3v) is 8.74. The summed E-state index contributed by atoms with van der Waals surface area (Å²) in [6, 6.07) is 0. The van der Waals surface area contributed by atoms with Gasteiger partial charge in [-0.1, -0.05) is 26.8 Å². The molecule has 1 aliphatic heterocycles. The van der Waals surface area contributed by atoms with Crippen molar-refractivity contribution in [1.82, 2.24) is 0 Å². The van der Waals surface area contributed by atoms with Gasteiger partial charge in [-0.3, -0.25) is 0 Å². The molecule has 1 heterocycles. The van der Waals surface area contributed by atoms with Gasteiger partial charge in [0.05, 0.1) is 0 Å². The monoisotopic (exact) mass is 286 g/mol. The smallest absolute Gasteiger partial charge is 0.206 e. The van der Waals surface area contributed by atoms with Crippen molar-refractivity contribution in [3.63, 3.8) is 0 Å². The summed E-state index contributed by atoms with van der Waals surface area (Å²) in [7, 11) is -2.09. The molecule has 0 bridgehead atoms. The first-order valence-electron chi connectivity index (χ1n) is 6.84. The van der Waals surface area contributed by atoms with Crippen LogP contribution in [0.4, 0.5) is 0 Å². The first-order valence-corrected chi connectivity index (χ1v) is 9.75. The van der Waals surface area contributed by atoms with Crippen molar-refractivity contribution in [2.24, 2.45) is 0 Å². The van der Waals surface area contributed by atoms with Crippen LogP contribution in [0.2, 0.25) is 18.1 Å². The highest BCUT2D eigenvalue weighted by Gasteiger charge is 2.57. The Kier molecular flexibility index (Phi) is 3.32. The van der Waals surface area contributed by atoms with Gasteiger partial charge in [0.2, 0.25) is 5.79 Å². The Morgan fingerprint density at radius 3 is 2.32 bits per heavy atom. The van der Waals surface area contributed by atoms with Gasteiger partial charge < -0.3 is 19.0 Å². The highest BCUT2D eigenvalue weighted by molar-refractivity contribution is 6.74. The summed E-state index contributed by atoms with van der Waals surface area (Å²) < 4.78 is 17.7. The molecule has 0 aromatic heterocycles. The van der Waals surface area contributed by atoms with Crippen molar-refractivity contribution in [2.45, 2.75) is 76.5 Å². The van der Waals surface area contributed by atoms with Crippen LogP contribution in [0.15, 0.2) is 12.2 Å². The van der Waals surface area contributed by atoms with Crippen LogP contribution < -0.4 is 0 Å². The van der Waals surface area contributed by atoms with E-state index in [0.29, 0.717) is 0 Å². The Labute approximate surface area is 116 Å². The molecule has 1 saturated heterocycles. The van der Waals surface area contributed by atoms with E-state index < -0.39 is 26.0 Å². The minimum Gasteiger partial charge on any atom is -0.385 e. The predicted molar refractivity (Wildman–Crippen MR) is 76.2 cm³/mol. The molecule has 110 valence electrons. The predicted octanol–water partition coefficient (Wildman–Crippen LogP) is 2.79. The lowest BCUT2D eigenvalue weighted by Crippen LogP contribution is -2.54. The third kappa shape index (κ3) is 2.67. The molecule has 19 heavy (non-hydrogen) atoms. The molecule has 0 amide bonds. The zero-order valence-corrected chi connectivity index (χ0v) is 14.0. The molecule has 1 fully saturated rings. The van der Waals surface area contributed by atoms with Crippen molar-refractivity contribution in [2.75, 3.05) is 0 Å². The van der Waals surface area contributed by atoms with Crippen molar-refractivity contribution >= 4 is 8.32 Å². The number of aliphatic hydroxyl groups is 1. The summed E-state index contributed by atoms with van der Waals surface area (Å²) in [5, 5.41) is 10.8. The van der Waals surface area contributed by atoms with Crippen molar-refractivity contribution in [3.8, 4) is 0 Å². The van der Waals surface area contributed by atoms with E-state index in [9.17, 15) is 5.11 Å². The van der Waals surface area contributed by atoms with E-state index in [1.54, 1.807) is 6.08 Å². The van der Waals surface area contributed by atoms with Gasteiger partial charge in [0.25, 0.3) is 0 Å². The van der Waals surface area contributed by atoms with Crippen molar-refractivity contribution in [3.05, 3.63) is 12.2 Å². The second kappa shape index (κ2) is 4.15. The Hall–Kier alpha value is -0.203. The Morgan fingerprint density at radius 2 is 1.79 bits per heavy atom. The molecular formula is C14H26O4Si. The van der Waals surface area contributed by atoms with E-state index in [0.717, 1.165) is 0 Å². The highest BCUT2D eigenvalue weighted by atomic mass is 28.4. The first-order chi connectivity index (χ1) is 8.36. The summed E-state index contributed by atoms with van der Waals surface area (Å²) in [4.78, 5) is 0. The second-order valence-corrected chi connectivity index (χ2v) is 12.2. The number of fused-ring (bicyclic) bond motifs is 1. The van der Waals surface area contributed by atoms with E-state index in [4.69, 9.17) is 13.9 Å². The molecule has 3 atom stereocenters. The molecule has 1 N–H and O–H groups in total. The lowest BCUT2D eigenvalue weighted by molar-refractivity contribution is -0.212. The maximum absolute atomic E-state index is 10.8. The Bertz CT molecular complexity index is 397. The van der Waals surface area contributed by atoms with Gasteiger partial charge in [0.1, 0.15) is 12.2 Å². The van der Waals surface area contributed by atoms with Crippen molar-refractivity contribution in [1.29, 1.82) is 0 Å². The standard InChI is InChI=1S/C14H26O4Si/c1-12(2,3)19(6,7)18-14(15)9-8-10-11(14)17-13(4,5)16-10/h8-11,15H,1-7H3/t10-,11-,14-/m0/s1. The molecule has 5 heteroatoms. The fourth-order valence-corrected chi connectivity index (χ4v) is 3.54. The van der Waals surface area contributed by atoms with E-state index >= 15 is 0 Å². The topological polar surface area (TPSA) is 47.9 Å². The summed E-state index contributed by atoms with van der Waals surface area (Å²) in [6.07, 6.45) is 2.81. The van der Waals surface area contributed by atoms with Gasteiger partial charge in [-0.15, -0.1) is 0 Å². The molecule has 2 aliphatic rings. The molecule has 0 unspecified atom stereocenters. The fraction of sp³-hybridized carbons (Fsp3) is 0.857. The average molecular weight is 286 g/mol. The van der Waals surface area contributed by atoms with Crippen LogP contribution in [0, 0.1) is 0 Å². The SMILES string of the molecule is CC1(C)O[C@H]2C=C[C@](O)(O[Si](C)(C)C(C)(C)C)[C@H]2O1. The van der Waals surface area contributed by atoms with Gasteiger partial charge in [0, 0.05) is 0 Å². The van der Waals surface area contributed by atoms with Gasteiger partial charge in [0.15, 0.2) is 14.1 Å². The second-order valence-electron chi connectivity index (χ2n) is 7.49. The minimum atomic E-state index is -2.09. The maximum atomic E-state index is 10.8. The first kappa shape index (κ1) is 15.2. The van der Waals surface area contributed by atoms with Crippen LogP contribution in [0.25, 0.3) is 0 Å². The zero-order chi connectivity index (χ0) is 14.7. The van der Waals surface area contributed by atoms with Gasteiger partial charge in [-0.05, 0) is 38.1 Å². The van der Waals surface area contributed by atoms with Crippen LogP contribution in [-0.2, 0) is 13.9 Å². The van der Waals surface area contributed by atoms with Gasteiger partial charge in [-0.2, -0.15) is 0 Å². The van der Waals surface area contributed by atoms with Crippen LogP contribution in [-0.4, -0.2) is 37.2 Å². The van der Waals surface area contributed by atoms with E-state index in [-0.39, 0.29) is 11.1 Å². The molecule has 0 aromatic carbocycles. The van der Waals surface area contributed by atoms with Crippen molar-refractivity contribution < 1.29 is 19.0 Å². The summed E-state index contributed by atoms with van der Waals surface area (Å²) in [5.74, 6) is -2.05. The normalized spacial score (nSPS) is 37.7. The third-order valence-electron chi connectivity index (χ3n) is 4.29. The van der Waals surface area contributed by atoms with Crippen LogP contribution in [0.5, 0.6) is 0 Å². The quantitative estimate of drug-likeness (QED) is 0.482. The van der Waals surface area contributed by atoms with Crippen LogP contribution in [0.3, 0.4) is 0 Å². The lowest BCUT2D eigenvalue weighted by Gasteiger charge is -2.42. The Morgan fingerprint density at radius 1 is 1.21 bits per heavy atom. The summed E-state index contributed by atoms with van der Waals surface area (Å²) in [6.45, 7) is 14.4. The zero-order valence-electron chi connectivity index (χ0n) is 13.0. The Balaban J connectivity index is 2.19. The molecule has 1 aliphatic carbocycles. The molecule has 2 rings (SSSR count). The molecule has 0 radical (unpaired) electrons. The van der Waals surface area contributed by atoms with Gasteiger partial charge >= 0.3 is 0 Å². The van der Waals surface area contributed by atoms with E-state index in [1.165, 1.54) is 0 Å². The van der Waals surface area contributed by atoms with Crippen LogP contribution >= 0.6 is 0 Å². The number of hydrogen-bond acceptors (Lipinski definition) is 4. The maximum Gasteiger partial charge on any atom is 0.206 e. The molecular weight excluding hydrogens is 260 g/mol. The lowest BCUT2D eigenvalue weighted by atomic mass is 10.2. The van der Waals surface area contributed by atoms with Gasteiger partial charge in [-0.25, -0.2) is 0 Å². The number of hydrogen-bond donors (Lipinski definition) is 1. The molecule has 0 spiro atoms. The summed E-state index contributed by atoms with van der Waals surface area (Å²) in [5.41, 5.74) is 0. The fourth-order valence-electron chi connectivity index (χ4n) is 2.23. The number of rotatable bonds is 2. The summed E-state index contributed by atoms with van der Waals surface area (Å²) >= 11 is 0. The highest BCUT2D eigenvalue weighted by Crippen LogP contribution is 2.45.